The van der Waals surface area contributed by atoms with Crippen molar-refractivity contribution in [2.24, 2.45) is 0 Å². The predicted molar refractivity (Wildman–Crippen MR) is 84.9 cm³/mol. The Morgan fingerprint density at radius 3 is 2.00 bits per heavy atom. The Labute approximate surface area is 122 Å². The number of ketones is 2. The minimum absolute atomic E-state index is 0.198. The molecule has 20 heavy (non-hydrogen) atoms. The standard InChI is InChI=1S/C17H24O2Si/c1-12-6-8-14(9-7-12)17(16(19)13(2)18)10-15(11-17)20(3,4)5/h6-9,15H,10-11H2,1-5H3. The number of hydrogen-bond donors (Lipinski definition) is 0. The highest BCUT2D eigenvalue weighted by Crippen LogP contribution is 2.55. The maximum absolute atomic E-state index is 12.5. The van der Waals surface area contributed by atoms with Crippen molar-refractivity contribution in [2.75, 3.05) is 0 Å². The van der Waals surface area contributed by atoms with Crippen LogP contribution in [0.3, 0.4) is 0 Å². The fraction of sp³-hybridized carbons (Fsp3) is 0.529. The van der Waals surface area contributed by atoms with Crippen LogP contribution in [0.1, 0.15) is 30.9 Å². The molecule has 0 N–H and O–H groups in total. The van der Waals surface area contributed by atoms with Gasteiger partial charge in [-0.3, -0.25) is 9.59 Å². The van der Waals surface area contributed by atoms with Gasteiger partial charge in [-0.25, -0.2) is 0 Å². The van der Waals surface area contributed by atoms with E-state index in [4.69, 9.17) is 0 Å². The van der Waals surface area contributed by atoms with E-state index >= 15 is 0 Å². The molecule has 0 saturated heterocycles. The number of carbonyl (C=O) groups excluding carboxylic acids is 2. The van der Waals surface area contributed by atoms with Crippen LogP contribution in [0.5, 0.6) is 0 Å². The van der Waals surface area contributed by atoms with Crippen LogP contribution in [-0.2, 0) is 15.0 Å². The second kappa shape index (κ2) is 4.96. The summed E-state index contributed by atoms with van der Waals surface area (Å²) < 4.78 is 0. The molecule has 2 rings (SSSR count). The van der Waals surface area contributed by atoms with Gasteiger partial charge in [-0.05, 0) is 30.9 Å². The summed E-state index contributed by atoms with van der Waals surface area (Å²) in [5.74, 6) is -0.504. The summed E-state index contributed by atoms with van der Waals surface area (Å²) in [6, 6.07) is 8.12. The van der Waals surface area contributed by atoms with E-state index in [1.165, 1.54) is 12.5 Å². The lowest BCUT2D eigenvalue weighted by molar-refractivity contribution is -0.141. The van der Waals surface area contributed by atoms with E-state index in [-0.39, 0.29) is 11.6 Å². The van der Waals surface area contributed by atoms with Crippen molar-refractivity contribution < 1.29 is 9.59 Å². The summed E-state index contributed by atoms with van der Waals surface area (Å²) in [4.78, 5) is 24.1. The fourth-order valence-electron chi connectivity index (χ4n) is 3.16. The zero-order valence-electron chi connectivity index (χ0n) is 13.1. The maximum atomic E-state index is 12.5. The number of hydrogen-bond acceptors (Lipinski definition) is 2. The molecule has 0 bridgehead atoms. The van der Waals surface area contributed by atoms with Crippen LogP contribution in [0, 0.1) is 6.92 Å². The van der Waals surface area contributed by atoms with Crippen molar-refractivity contribution in [1.29, 1.82) is 0 Å². The highest BCUT2D eigenvalue weighted by Gasteiger charge is 2.55. The van der Waals surface area contributed by atoms with Gasteiger partial charge < -0.3 is 0 Å². The monoisotopic (exact) mass is 288 g/mol. The summed E-state index contributed by atoms with van der Waals surface area (Å²) in [7, 11) is -1.25. The molecule has 1 aliphatic carbocycles. The Hall–Kier alpha value is -1.22. The topological polar surface area (TPSA) is 34.1 Å². The minimum atomic E-state index is -1.25. The molecule has 2 nitrogen and oxygen atoms in total. The van der Waals surface area contributed by atoms with Crippen LogP contribution in [-0.4, -0.2) is 19.6 Å². The Morgan fingerprint density at radius 1 is 1.10 bits per heavy atom. The van der Waals surface area contributed by atoms with E-state index < -0.39 is 13.5 Å². The lowest BCUT2D eigenvalue weighted by atomic mass is 9.60. The van der Waals surface area contributed by atoms with Gasteiger partial charge in [-0.15, -0.1) is 0 Å². The first-order valence-corrected chi connectivity index (χ1v) is 10.9. The zero-order chi connectivity index (χ0) is 15.1. The van der Waals surface area contributed by atoms with Crippen molar-refractivity contribution in [3.05, 3.63) is 35.4 Å². The Bertz CT molecular complexity index is 531. The average molecular weight is 288 g/mol. The molecule has 0 aliphatic heterocycles. The molecule has 1 aliphatic rings. The largest absolute Gasteiger partial charge is 0.291 e. The van der Waals surface area contributed by atoms with E-state index in [2.05, 4.69) is 19.6 Å². The van der Waals surface area contributed by atoms with E-state index in [0.717, 1.165) is 18.4 Å². The molecule has 0 amide bonds. The summed E-state index contributed by atoms with van der Waals surface area (Å²) in [5, 5.41) is 0. The fourth-order valence-corrected chi connectivity index (χ4v) is 5.08. The molecular formula is C17H24O2Si. The van der Waals surface area contributed by atoms with Gasteiger partial charge in [0.2, 0.25) is 5.78 Å². The quantitative estimate of drug-likeness (QED) is 0.622. The van der Waals surface area contributed by atoms with Crippen LogP contribution in [0.2, 0.25) is 25.2 Å². The van der Waals surface area contributed by atoms with E-state index in [1.807, 2.05) is 31.2 Å². The summed E-state index contributed by atoms with van der Waals surface area (Å²) in [6.07, 6.45) is 1.70. The van der Waals surface area contributed by atoms with Gasteiger partial charge in [0.15, 0.2) is 5.78 Å². The van der Waals surface area contributed by atoms with Crippen LogP contribution in [0.4, 0.5) is 0 Å². The van der Waals surface area contributed by atoms with Crippen molar-refractivity contribution in [2.45, 2.75) is 57.3 Å². The predicted octanol–water partition coefficient (Wildman–Crippen LogP) is 3.89. The van der Waals surface area contributed by atoms with Gasteiger partial charge in [-0.1, -0.05) is 49.5 Å². The van der Waals surface area contributed by atoms with Gasteiger partial charge >= 0.3 is 0 Å². The second-order valence-electron chi connectivity index (χ2n) is 7.30. The maximum Gasteiger partial charge on any atom is 0.208 e. The van der Waals surface area contributed by atoms with Gasteiger partial charge in [0.05, 0.1) is 5.41 Å². The normalized spacial score (nSPS) is 25.9. The van der Waals surface area contributed by atoms with Crippen molar-refractivity contribution in [3.8, 4) is 0 Å². The molecule has 1 aromatic carbocycles. The number of Topliss-reactive ketones (excluding diaryl/α,β-unsaturated/α-hetero) is 2. The van der Waals surface area contributed by atoms with Crippen molar-refractivity contribution in [3.63, 3.8) is 0 Å². The van der Waals surface area contributed by atoms with Gasteiger partial charge in [-0.2, -0.15) is 0 Å². The number of benzene rings is 1. The van der Waals surface area contributed by atoms with Crippen molar-refractivity contribution >= 4 is 19.6 Å². The van der Waals surface area contributed by atoms with Gasteiger partial charge in [0.25, 0.3) is 0 Å². The average Bonchev–Trinajstić information content (AvgIpc) is 2.28. The molecule has 108 valence electrons. The zero-order valence-corrected chi connectivity index (χ0v) is 14.1. The highest BCUT2D eigenvalue weighted by atomic mass is 28.3. The van der Waals surface area contributed by atoms with Crippen LogP contribution < -0.4 is 0 Å². The van der Waals surface area contributed by atoms with Gasteiger partial charge in [0, 0.05) is 15.0 Å². The molecule has 1 saturated carbocycles. The van der Waals surface area contributed by atoms with Gasteiger partial charge in [0.1, 0.15) is 0 Å². The molecule has 3 heteroatoms. The molecule has 1 aromatic rings. The third-order valence-electron chi connectivity index (χ3n) is 4.77. The van der Waals surface area contributed by atoms with Crippen molar-refractivity contribution in [1.82, 2.24) is 0 Å². The Morgan fingerprint density at radius 2 is 1.60 bits per heavy atom. The summed E-state index contributed by atoms with van der Waals surface area (Å²) in [5.41, 5.74) is 2.30. The Kier molecular flexibility index (Phi) is 3.76. The highest BCUT2D eigenvalue weighted by molar-refractivity contribution is 6.78. The first-order chi connectivity index (χ1) is 9.17. The van der Waals surface area contributed by atoms with Crippen LogP contribution in [0.15, 0.2) is 24.3 Å². The lowest BCUT2D eigenvalue weighted by Crippen LogP contribution is -2.53. The van der Waals surface area contributed by atoms with E-state index in [9.17, 15) is 9.59 Å². The number of rotatable bonds is 4. The number of aryl methyl sites for hydroxylation is 1. The molecule has 0 aromatic heterocycles. The molecule has 0 radical (unpaired) electrons. The molecular weight excluding hydrogens is 264 g/mol. The van der Waals surface area contributed by atoms with E-state index in [1.54, 1.807) is 0 Å². The van der Waals surface area contributed by atoms with Crippen LogP contribution >= 0.6 is 0 Å². The van der Waals surface area contributed by atoms with Crippen LogP contribution in [0.25, 0.3) is 0 Å². The third-order valence-corrected chi connectivity index (χ3v) is 7.63. The summed E-state index contributed by atoms with van der Waals surface area (Å²) >= 11 is 0. The van der Waals surface area contributed by atoms with E-state index in [0.29, 0.717) is 5.54 Å². The SMILES string of the molecule is CC(=O)C(=O)C1(c2ccc(C)cc2)CC([Si](C)(C)C)C1. The first-order valence-electron chi connectivity index (χ1n) is 7.29. The smallest absolute Gasteiger partial charge is 0.208 e. The molecule has 0 atom stereocenters. The Balaban J connectivity index is 2.36. The molecule has 0 heterocycles. The second-order valence-corrected chi connectivity index (χ2v) is 12.9. The first kappa shape index (κ1) is 15.2. The molecule has 0 spiro atoms. The minimum Gasteiger partial charge on any atom is -0.291 e. The molecule has 0 unspecified atom stereocenters. The lowest BCUT2D eigenvalue weighted by Gasteiger charge is -2.51. The number of carbonyl (C=O) groups is 2. The molecule has 1 fully saturated rings. The summed E-state index contributed by atoms with van der Waals surface area (Å²) in [6.45, 7) is 10.5. The third kappa shape index (κ3) is 2.51.